The molecule has 102 valence electrons. The van der Waals surface area contributed by atoms with Gasteiger partial charge in [-0.05, 0) is 37.8 Å². The highest BCUT2D eigenvalue weighted by atomic mass is 16.6. The summed E-state index contributed by atoms with van der Waals surface area (Å²) in [4.78, 5) is 23.4. The van der Waals surface area contributed by atoms with E-state index in [4.69, 9.17) is 0 Å². The Bertz CT molecular complexity index is 515. The largest absolute Gasteiger partial charge is 0.480 e. The van der Waals surface area contributed by atoms with Gasteiger partial charge in [-0.3, -0.25) is 10.1 Å². The molecule has 1 aliphatic heterocycles. The molecule has 1 heterocycles. The zero-order valence-electron chi connectivity index (χ0n) is 10.7. The number of anilines is 1. The predicted octanol–water partition coefficient (Wildman–Crippen LogP) is 2.35. The maximum absolute atomic E-state index is 11.3. The highest BCUT2D eigenvalue weighted by molar-refractivity contribution is 5.79. The molecule has 1 aromatic rings. The summed E-state index contributed by atoms with van der Waals surface area (Å²) in [5, 5.41) is 20.0. The fourth-order valence-corrected chi connectivity index (χ4v) is 2.55. The van der Waals surface area contributed by atoms with Gasteiger partial charge >= 0.3 is 5.97 Å². The summed E-state index contributed by atoms with van der Waals surface area (Å²) >= 11 is 0. The van der Waals surface area contributed by atoms with E-state index in [1.54, 1.807) is 13.0 Å². The Morgan fingerprint density at radius 1 is 1.47 bits per heavy atom. The molecule has 2 rings (SSSR count). The summed E-state index contributed by atoms with van der Waals surface area (Å²) in [6.07, 6.45) is 2.46. The number of carboxylic acid groups (broad SMARTS) is 1. The minimum Gasteiger partial charge on any atom is -0.480 e. The van der Waals surface area contributed by atoms with Gasteiger partial charge in [0.15, 0.2) is 0 Å². The van der Waals surface area contributed by atoms with E-state index in [0.29, 0.717) is 13.0 Å². The Kier molecular flexibility index (Phi) is 3.69. The maximum Gasteiger partial charge on any atom is 0.326 e. The molecule has 1 unspecified atom stereocenters. The number of hydrogen-bond donors (Lipinski definition) is 1. The smallest absolute Gasteiger partial charge is 0.326 e. The van der Waals surface area contributed by atoms with Crippen molar-refractivity contribution in [3.8, 4) is 0 Å². The summed E-state index contributed by atoms with van der Waals surface area (Å²) in [7, 11) is 0. The molecule has 6 nitrogen and oxygen atoms in total. The quantitative estimate of drug-likeness (QED) is 0.669. The van der Waals surface area contributed by atoms with E-state index in [2.05, 4.69) is 0 Å². The van der Waals surface area contributed by atoms with Crippen LogP contribution in [0.4, 0.5) is 11.4 Å². The molecule has 1 aromatic carbocycles. The molecule has 6 heteroatoms. The van der Waals surface area contributed by atoms with E-state index < -0.39 is 16.9 Å². The second kappa shape index (κ2) is 5.26. The molecule has 1 fully saturated rings. The van der Waals surface area contributed by atoms with Gasteiger partial charge in [0.2, 0.25) is 0 Å². The number of nitro benzene ring substituents is 1. The van der Waals surface area contributed by atoms with Crippen LogP contribution in [0.5, 0.6) is 0 Å². The molecule has 1 aliphatic rings. The van der Waals surface area contributed by atoms with Crippen molar-refractivity contribution in [2.24, 2.45) is 0 Å². The molecular weight excluding hydrogens is 248 g/mol. The molecule has 0 bridgehead atoms. The monoisotopic (exact) mass is 264 g/mol. The van der Waals surface area contributed by atoms with Gasteiger partial charge in [-0.1, -0.05) is 0 Å². The molecule has 0 radical (unpaired) electrons. The Labute approximate surface area is 110 Å². The van der Waals surface area contributed by atoms with Crippen LogP contribution in [0.3, 0.4) is 0 Å². The number of rotatable bonds is 3. The van der Waals surface area contributed by atoms with E-state index in [-0.39, 0.29) is 5.69 Å². The molecule has 0 aliphatic carbocycles. The van der Waals surface area contributed by atoms with Gasteiger partial charge < -0.3 is 10.0 Å². The van der Waals surface area contributed by atoms with Crippen molar-refractivity contribution in [2.45, 2.75) is 32.2 Å². The molecule has 0 amide bonds. The molecule has 0 spiro atoms. The third-order valence-corrected chi connectivity index (χ3v) is 3.49. The van der Waals surface area contributed by atoms with E-state index >= 15 is 0 Å². The van der Waals surface area contributed by atoms with Gasteiger partial charge in [0, 0.05) is 24.4 Å². The average molecular weight is 264 g/mol. The summed E-state index contributed by atoms with van der Waals surface area (Å²) in [5.74, 6) is -0.836. The molecule has 0 saturated carbocycles. The lowest BCUT2D eigenvalue weighted by Crippen LogP contribution is -2.45. The molecule has 1 saturated heterocycles. The van der Waals surface area contributed by atoms with E-state index in [1.807, 2.05) is 4.90 Å². The third-order valence-electron chi connectivity index (χ3n) is 3.49. The lowest BCUT2D eigenvalue weighted by molar-refractivity contribution is -0.384. The van der Waals surface area contributed by atoms with E-state index in [0.717, 1.165) is 24.1 Å². The van der Waals surface area contributed by atoms with Crippen molar-refractivity contribution in [3.63, 3.8) is 0 Å². The second-order valence-corrected chi connectivity index (χ2v) is 4.77. The van der Waals surface area contributed by atoms with Crippen LogP contribution in [0, 0.1) is 17.0 Å². The summed E-state index contributed by atoms with van der Waals surface area (Å²) in [5.41, 5.74) is 1.55. The predicted molar refractivity (Wildman–Crippen MR) is 70.5 cm³/mol. The first kappa shape index (κ1) is 13.3. The van der Waals surface area contributed by atoms with Gasteiger partial charge in [-0.25, -0.2) is 4.79 Å². The number of carbonyl (C=O) groups is 1. The van der Waals surface area contributed by atoms with Crippen molar-refractivity contribution in [1.82, 2.24) is 0 Å². The zero-order chi connectivity index (χ0) is 14.0. The van der Waals surface area contributed by atoms with Gasteiger partial charge in [-0.2, -0.15) is 0 Å². The number of piperidine rings is 1. The number of carboxylic acids is 1. The Morgan fingerprint density at radius 2 is 2.21 bits per heavy atom. The van der Waals surface area contributed by atoms with Crippen LogP contribution in [-0.4, -0.2) is 28.6 Å². The van der Waals surface area contributed by atoms with Crippen molar-refractivity contribution in [1.29, 1.82) is 0 Å². The number of non-ortho nitro benzene ring substituents is 1. The molecular formula is C13H16N2O4. The molecule has 1 atom stereocenters. The second-order valence-electron chi connectivity index (χ2n) is 4.77. The SMILES string of the molecule is Cc1cc([N+](=O)[O-])ccc1N1CCCCC1C(=O)O. The van der Waals surface area contributed by atoms with Gasteiger partial charge in [-0.15, -0.1) is 0 Å². The molecule has 0 aromatic heterocycles. The molecule has 1 N–H and O–H groups in total. The number of aryl methyl sites for hydroxylation is 1. The fourth-order valence-electron chi connectivity index (χ4n) is 2.55. The van der Waals surface area contributed by atoms with Crippen LogP contribution in [0.25, 0.3) is 0 Å². The van der Waals surface area contributed by atoms with Gasteiger partial charge in [0.25, 0.3) is 5.69 Å². The maximum atomic E-state index is 11.3. The fraction of sp³-hybridized carbons (Fsp3) is 0.462. The summed E-state index contributed by atoms with van der Waals surface area (Å²) in [6.45, 7) is 2.45. The van der Waals surface area contributed by atoms with Crippen molar-refractivity contribution >= 4 is 17.3 Å². The van der Waals surface area contributed by atoms with Crippen LogP contribution >= 0.6 is 0 Å². The highest BCUT2D eigenvalue weighted by Gasteiger charge is 2.29. The first-order valence-electron chi connectivity index (χ1n) is 6.25. The van der Waals surface area contributed by atoms with Crippen LogP contribution in [-0.2, 0) is 4.79 Å². The van der Waals surface area contributed by atoms with Gasteiger partial charge in [0.05, 0.1) is 4.92 Å². The van der Waals surface area contributed by atoms with Crippen LogP contribution in [0.2, 0.25) is 0 Å². The highest BCUT2D eigenvalue weighted by Crippen LogP contribution is 2.30. The Balaban J connectivity index is 2.34. The van der Waals surface area contributed by atoms with E-state index in [1.165, 1.54) is 12.1 Å². The average Bonchev–Trinajstić information content (AvgIpc) is 2.38. The van der Waals surface area contributed by atoms with Crippen molar-refractivity contribution in [3.05, 3.63) is 33.9 Å². The summed E-state index contributed by atoms with van der Waals surface area (Å²) in [6, 6.07) is 4.03. The summed E-state index contributed by atoms with van der Waals surface area (Å²) < 4.78 is 0. The van der Waals surface area contributed by atoms with Crippen molar-refractivity contribution in [2.75, 3.05) is 11.4 Å². The third kappa shape index (κ3) is 2.67. The van der Waals surface area contributed by atoms with Crippen LogP contribution in [0.15, 0.2) is 18.2 Å². The van der Waals surface area contributed by atoms with Gasteiger partial charge in [0.1, 0.15) is 6.04 Å². The van der Waals surface area contributed by atoms with Crippen molar-refractivity contribution < 1.29 is 14.8 Å². The molecule has 19 heavy (non-hydrogen) atoms. The minimum atomic E-state index is -0.836. The Morgan fingerprint density at radius 3 is 2.79 bits per heavy atom. The van der Waals surface area contributed by atoms with Crippen LogP contribution < -0.4 is 4.90 Å². The van der Waals surface area contributed by atoms with Crippen LogP contribution in [0.1, 0.15) is 24.8 Å². The van der Waals surface area contributed by atoms with E-state index in [9.17, 15) is 20.0 Å². The lowest BCUT2D eigenvalue weighted by atomic mass is 10.00. The standard InChI is InChI=1S/C13H16N2O4/c1-9-8-10(15(18)19)5-6-11(9)14-7-3-2-4-12(14)13(16)17/h5-6,8,12H,2-4,7H2,1H3,(H,16,17). The lowest BCUT2D eigenvalue weighted by Gasteiger charge is -2.35. The number of benzene rings is 1. The normalized spacial score (nSPS) is 19.2. The Hall–Kier alpha value is -2.11. The number of aliphatic carboxylic acids is 1. The minimum absolute atomic E-state index is 0.0325. The number of hydrogen-bond acceptors (Lipinski definition) is 4. The first-order valence-corrected chi connectivity index (χ1v) is 6.25. The number of nitrogens with zero attached hydrogens (tertiary/aromatic N) is 2. The first-order chi connectivity index (χ1) is 9.00. The zero-order valence-corrected chi connectivity index (χ0v) is 10.7. The number of nitro groups is 1. The topological polar surface area (TPSA) is 83.7 Å².